The number of carboxylic acid groups (broad SMARTS) is 1. The first-order valence-electron chi connectivity index (χ1n) is 4.64. The number of aromatic carboxylic acids is 1. The maximum atomic E-state index is 10.6. The molecule has 1 heterocycles. The largest absolute Gasteiger partial charge is 0.495 e. The molecular weight excluding hydrogens is 246 g/mol. The van der Waals surface area contributed by atoms with Crippen molar-refractivity contribution in [3.63, 3.8) is 0 Å². The highest BCUT2D eigenvalue weighted by molar-refractivity contribution is 6.32. The molecular formula is C11H8ClNO4. The monoisotopic (exact) mass is 253 g/mol. The Morgan fingerprint density at radius 3 is 2.82 bits per heavy atom. The van der Waals surface area contributed by atoms with E-state index in [1.54, 1.807) is 18.2 Å². The Morgan fingerprint density at radius 1 is 1.53 bits per heavy atom. The molecule has 0 bridgehead atoms. The van der Waals surface area contributed by atoms with E-state index in [2.05, 4.69) is 4.98 Å². The van der Waals surface area contributed by atoms with Gasteiger partial charge in [0.15, 0.2) is 5.69 Å². The molecule has 2 rings (SSSR count). The lowest BCUT2D eigenvalue weighted by molar-refractivity contribution is 0.0690. The zero-order valence-electron chi connectivity index (χ0n) is 8.81. The van der Waals surface area contributed by atoms with Crippen LogP contribution in [0.2, 0.25) is 5.02 Å². The summed E-state index contributed by atoms with van der Waals surface area (Å²) in [6.07, 6.45) is 1.08. The number of hydrogen-bond donors (Lipinski definition) is 1. The highest BCUT2D eigenvalue weighted by atomic mass is 35.5. The van der Waals surface area contributed by atoms with Crippen LogP contribution in [0.5, 0.6) is 5.75 Å². The Labute approximate surface area is 102 Å². The molecule has 6 heteroatoms. The molecule has 1 N–H and O–H groups in total. The van der Waals surface area contributed by atoms with Crippen molar-refractivity contribution in [3.05, 3.63) is 35.2 Å². The van der Waals surface area contributed by atoms with Gasteiger partial charge in [-0.15, -0.1) is 0 Å². The summed E-state index contributed by atoms with van der Waals surface area (Å²) in [5.74, 6) is -0.410. The molecule has 0 saturated heterocycles. The molecule has 0 atom stereocenters. The first-order valence-corrected chi connectivity index (χ1v) is 5.02. The van der Waals surface area contributed by atoms with Crippen LogP contribution < -0.4 is 4.74 Å². The first kappa shape index (κ1) is 11.5. The van der Waals surface area contributed by atoms with Gasteiger partial charge in [-0.2, -0.15) is 0 Å². The summed E-state index contributed by atoms with van der Waals surface area (Å²) in [5.41, 5.74) is 0.440. The Kier molecular flexibility index (Phi) is 3.01. The van der Waals surface area contributed by atoms with Crippen molar-refractivity contribution >= 4 is 17.6 Å². The van der Waals surface area contributed by atoms with E-state index >= 15 is 0 Å². The predicted octanol–water partition coefficient (Wildman–Crippen LogP) is 2.70. The molecule has 88 valence electrons. The van der Waals surface area contributed by atoms with Gasteiger partial charge in [-0.1, -0.05) is 11.6 Å². The third-order valence-electron chi connectivity index (χ3n) is 2.12. The fourth-order valence-electron chi connectivity index (χ4n) is 1.30. The van der Waals surface area contributed by atoms with Crippen LogP contribution in [0.25, 0.3) is 11.5 Å². The normalized spacial score (nSPS) is 10.2. The van der Waals surface area contributed by atoms with Gasteiger partial charge in [-0.25, -0.2) is 9.78 Å². The number of aromatic nitrogens is 1. The molecule has 5 nitrogen and oxygen atoms in total. The summed E-state index contributed by atoms with van der Waals surface area (Å²) < 4.78 is 10.1. The summed E-state index contributed by atoms with van der Waals surface area (Å²) in [7, 11) is 1.51. The number of hydrogen-bond acceptors (Lipinski definition) is 4. The fourth-order valence-corrected chi connectivity index (χ4v) is 1.56. The molecule has 0 saturated carbocycles. The topological polar surface area (TPSA) is 72.6 Å². The van der Waals surface area contributed by atoms with Crippen molar-refractivity contribution in [3.8, 4) is 17.2 Å². The van der Waals surface area contributed by atoms with Crippen molar-refractivity contribution in [1.82, 2.24) is 4.98 Å². The van der Waals surface area contributed by atoms with E-state index in [1.165, 1.54) is 7.11 Å². The van der Waals surface area contributed by atoms with Crippen molar-refractivity contribution in [2.24, 2.45) is 0 Å². The zero-order valence-corrected chi connectivity index (χ0v) is 9.56. The number of nitrogens with zero attached hydrogens (tertiary/aromatic N) is 1. The number of rotatable bonds is 3. The van der Waals surface area contributed by atoms with Crippen molar-refractivity contribution in [2.75, 3.05) is 7.11 Å². The minimum Gasteiger partial charge on any atom is -0.495 e. The fraction of sp³-hybridized carbons (Fsp3) is 0.0909. The number of benzene rings is 1. The van der Waals surface area contributed by atoms with Crippen LogP contribution in [-0.4, -0.2) is 23.2 Å². The predicted molar refractivity (Wildman–Crippen MR) is 60.5 cm³/mol. The van der Waals surface area contributed by atoms with E-state index in [1.807, 2.05) is 0 Å². The number of carbonyl (C=O) groups is 1. The minimum atomic E-state index is -1.14. The van der Waals surface area contributed by atoms with Crippen LogP contribution in [0.4, 0.5) is 0 Å². The van der Waals surface area contributed by atoms with Gasteiger partial charge in [0, 0.05) is 5.56 Å². The number of methoxy groups -OCH3 is 1. The first-order chi connectivity index (χ1) is 8.11. The van der Waals surface area contributed by atoms with E-state index in [-0.39, 0.29) is 11.6 Å². The standard InChI is InChI=1S/C11H8ClNO4/c1-16-9-3-2-6(4-7(9)12)10-13-8(5-17-10)11(14)15/h2-5H,1H3,(H,14,15). The van der Waals surface area contributed by atoms with Gasteiger partial charge in [0.1, 0.15) is 12.0 Å². The Bertz CT molecular complexity index is 564. The average molecular weight is 254 g/mol. The molecule has 17 heavy (non-hydrogen) atoms. The van der Waals surface area contributed by atoms with Crippen LogP contribution in [0, 0.1) is 0 Å². The smallest absolute Gasteiger partial charge is 0.357 e. The number of ether oxygens (including phenoxy) is 1. The van der Waals surface area contributed by atoms with E-state index < -0.39 is 5.97 Å². The average Bonchev–Trinajstić information content (AvgIpc) is 2.78. The molecule has 0 spiro atoms. The maximum absolute atomic E-state index is 10.6. The lowest BCUT2D eigenvalue weighted by Crippen LogP contribution is -1.95. The molecule has 0 aliphatic heterocycles. The van der Waals surface area contributed by atoms with Crippen LogP contribution in [-0.2, 0) is 0 Å². The number of carboxylic acids is 1. The van der Waals surface area contributed by atoms with Gasteiger partial charge < -0.3 is 14.3 Å². The second kappa shape index (κ2) is 4.47. The lowest BCUT2D eigenvalue weighted by atomic mass is 10.2. The lowest BCUT2D eigenvalue weighted by Gasteiger charge is -2.03. The quantitative estimate of drug-likeness (QED) is 0.910. The molecule has 2 aromatic rings. The molecule has 0 fully saturated rings. The summed E-state index contributed by atoms with van der Waals surface area (Å²) in [5, 5.41) is 9.12. The van der Waals surface area contributed by atoms with E-state index in [0.717, 1.165) is 6.26 Å². The van der Waals surface area contributed by atoms with E-state index in [0.29, 0.717) is 16.3 Å². The van der Waals surface area contributed by atoms with Gasteiger partial charge in [0.25, 0.3) is 0 Å². The van der Waals surface area contributed by atoms with E-state index in [9.17, 15) is 4.79 Å². The van der Waals surface area contributed by atoms with Gasteiger partial charge >= 0.3 is 5.97 Å². The second-order valence-electron chi connectivity index (χ2n) is 3.19. The third-order valence-corrected chi connectivity index (χ3v) is 2.42. The molecule has 0 amide bonds. The zero-order chi connectivity index (χ0) is 12.4. The van der Waals surface area contributed by atoms with Crippen LogP contribution in [0.1, 0.15) is 10.5 Å². The highest BCUT2D eigenvalue weighted by Crippen LogP contribution is 2.29. The molecule has 0 unspecified atom stereocenters. The second-order valence-corrected chi connectivity index (χ2v) is 3.60. The van der Waals surface area contributed by atoms with Crippen molar-refractivity contribution in [1.29, 1.82) is 0 Å². The SMILES string of the molecule is COc1ccc(-c2nc(C(=O)O)co2)cc1Cl. The third kappa shape index (κ3) is 2.24. The van der Waals surface area contributed by atoms with Crippen molar-refractivity contribution in [2.45, 2.75) is 0 Å². The van der Waals surface area contributed by atoms with Gasteiger partial charge in [-0.3, -0.25) is 0 Å². The van der Waals surface area contributed by atoms with Crippen LogP contribution in [0.3, 0.4) is 0 Å². The minimum absolute atomic E-state index is 0.146. The molecule has 0 aliphatic carbocycles. The molecule has 0 radical (unpaired) electrons. The Balaban J connectivity index is 2.39. The molecule has 1 aromatic carbocycles. The summed E-state index contributed by atoms with van der Waals surface area (Å²) in [6, 6.07) is 4.93. The van der Waals surface area contributed by atoms with Crippen LogP contribution >= 0.6 is 11.6 Å². The van der Waals surface area contributed by atoms with Gasteiger partial charge in [0.2, 0.25) is 5.89 Å². The van der Waals surface area contributed by atoms with Crippen molar-refractivity contribution < 1.29 is 19.1 Å². The van der Waals surface area contributed by atoms with Crippen LogP contribution in [0.15, 0.2) is 28.9 Å². The Hall–Kier alpha value is -2.01. The van der Waals surface area contributed by atoms with Gasteiger partial charge in [-0.05, 0) is 18.2 Å². The molecule has 0 aliphatic rings. The summed E-state index contributed by atoms with van der Waals surface area (Å²) >= 11 is 5.94. The van der Waals surface area contributed by atoms with E-state index in [4.69, 9.17) is 25.9 Å². The Morgan fingerprint density at radius 2 is 2.29 bits per heavy atom. The number of oxazole rings is 1. The van der Waals surface area contributed by atoms with Gasteiger partial charge in [0.05, 0.1) is 12.1 Å². The number of halogens is 1. The molecule has 1 aromatic heterocycles. The summed E-state index contributed by atoms with van der Waals surface area (Å²) in [4.78, 5) is 14.5. The summed E-state index contributed by atoms with van der Waals surface area (Å²) in [6.45, 7) is 0. The maximum Gasteiger partial charge on any atom is 0.357 e. The highest BCUT2D eigenvalue weighted by Gasteiger charge is 2.13.